The van der Waals surface area contributed by atoms with Gasteiger partial charge in [0.05, 0.1) is 4.92 Å². The van der Waals surface area contributed by atoms with Gasteiger partial charge in [-0.1, -0.05) is 12.1 Å². The van der Waals surface area contributed by atoms with E-state index in [1.165, 1.54) is 6.07 Å². The summed E-state index contributed by atoms with van der Waals surface area (Å²) in [7, 11) is 0. The maximum absolute atomic E-state index is 10.8. The van der Waals surface area contributed by atoms with Gasteiger partial charge in [-0.25, -0.2) is 4.98 Å². The molecule has 0 fully saturated rings. The molecule has 0 bridgehead atoms. The first-order valence-electron chi connectivity index (χ1n) is 5.81. The fraction of sp³-hybridized carbons (Fsp3) is 0.154. The molecule has 0 spiro atoms. The Morgan fingerprint density at radius 3 is 2.70 bits per heavy atom. The highest BCUT2D eigenvalue weighted by Gasteiger charge is 2.16. The Hall–Kier alpha value is -1.99. The Morgan fingerprint density at radius 1 is 1.40 bits per heavy atom. The number of nitro benzene ring substituents is 1. The molecule has 0 radical (unpaired) electrons. The van der Waals surface area contributed by atoms with Crippen LogP contribution in [0, 0.1) is 10.1 Å². The third-order valence-corrected chi connectivity index (χ3v) is 3.44. The van der Waals surface area contributed by atoms with E-state index in [1.54, 1.807) is 30.5 Å². The molecular weight excluding hydrogens is 326 g/mol. The van der Waals surface area contributed by atoms with E-state index in [2.05, 4.69) is 20.9 Å². The maximum atomic E-state index is 10.8. The molecule has 0 aliphatic rings. The maximum Gasteiger partial charge on any atom is 0.287 e. The fourth-order valence-electron chi connectivity index (χ4n) is 1.55. The van der Waals surface area contributed by atoms with E-state index >= 15 is 0 Å². The Labute approximate surface area is 123 Å². The predicted octanol–water partition coefficient (Wildman–Crippen LogP) is 3.56. The largest absolute Gasteiger partial charge is 0.438 e. The number of nitro groups is 1. The highest BCUT2D eigenvalue weighted by molar-refractivity contribution is 9.10. The minimum Gasteiger partial charge on any atom is -0.438 e. The summed E-state index contributed by atoms with van der Waals surface area (Å²) in [4.78, 5) is 14.5. The molecule has 1 atom stereocenters. The fourth-order valence-corrected chi connectivity index (χ4v) is 2.04. The highest BCUT2D eigenvalue weighted by atomic mass is 79.9. The van der Waals surface area contributed by atoms with Crippen molar-refractivity contribution < 1.29 is 9.66 Å². The second kappa shape index (κ2) is 5.98. The summed E-state index contributed by atoms with van der Waals surface area (Å²) in [6.45, 7) is 1.86. The summed E-state index contributed by atoms with van der Waals surface area (Å²) in [6.07, 6.45) is 1.62. The van der Waals surface area contributed by atoms with Crippen molar-refractivity contribution in [3.8, 4) is 11.6 Å². The van der Waals surface area contributed by atoms with Crippen molar-refractivity contribution in [3.63, 3.8) is 0 Å². The standard InChI is InChI=1S/C13H12BrN3O3/c1-8(15)9-5-6-12(16-7-9)20-11-4-2-3-10(13(11)14)17(18)19/h2-8H,15H2,1H3/t8-/m0/s1. The van der Waals surface area contributed by atoms with Crippen molar-refractivity contribution in [1.29, 1.82) is 0 Å². The number of ether oxygens (including phenoxy) is 1. The summed E-state index contributed by atoms with van der Waals surface area (Å²) in [6, 6.07) is 7.93. The third-order valence-electron chi connectivity index (χ3n) is 2.64. The van der Waals surface area contributed by atoms with Crippen LogP contribution in [0.1, 0.15) is 18.5 Å². The number of hydrogen-bond donors (Lipinski definition) is 1. The van der Waals surface area contributed by atoms with E-state index in [4.69, 9.17) is 10.5 Å². The topological polar surface area (TPSA) is 91.3 Å². The molecule has 6 nitrogen and oxygen atoms in total. The van der Waals surface area contributed by atoms with Crippen LogP contribution in [0.25, 0.3) is 0 Å². The van der Waals surface area contributed by atoms with Gasteiger partial charge in [-0.05, 0) is 34.5 Å². The van der Waals surface area contributed by atoms with E-state index in [-0.39, 0.29) is 16.2 Å². The lowest BCUT2D eigenvalue weighted by Crippen LogP contribution is -2.05. The van der Waals surface area contributed by atoms with Gasteiger partial charge >= 0.3 is 0 Å². The molecule has 0 saturated carbocycles. The lowest BCUT2D eigenvalue weighted by molar-refractivity contribution is -0.385. The smallest absolute Gasteiger partial charge is 0.287 e. The molecule has 1 aromatic carbocycles. The normalized spacial score (nSPS) is 11.9. The van der Waals surface area contributed by atoms with Crippen molar-refractivity contribution in [2.45, 2.75) is 13.0 Å². The van der Waals surface area contributed by atoms with Crippen LogP contribution in [-0.4, -0.2) is 9.91 Å². The van der Waals surface area contributed by atoms with Gasteiger partial charge in [0.1, 0.15) is 4.47 Å². The molecule has 0 aliphatic heterocycles. The van der Waals surface area contributed by atoms with E-state index in [0.717, 1.165) is 5.56 Å². The van der Waals surface area contributed by atoms with Crippen molar-refractivity contribution in [1.82, 2.24) is 4.98 Å². The number of rotatable bonds is 4. The van der Waals surface area contributed by atoms with Gasteiger partial charge in [0.2, 0.25) is 5.88 Å². The summed E-state index contributed by atoms with van der Waals surface area (Å²) >= 11 is 3.16. The Bertz CT molecular complexity index is 629. The van der Waals surface area contributed by atoms with Crippen LogP contribution in [0.4, 0.5) is 5.69 Å². The summed E-state index contributed by atoms with van der Waals surface area (Å²) in [5.41, 5.74) is 6.55. The van der Waals surface area contributed by atoms with Crippen molar-refractivity contribution in [2.24, 2.45) is 5.73 Å². The van der Waals surface area contributed by atoms with E-state index in [1.807, 2.05) is 6.92 Å². The van der Waals surface area contributed by atoms with E-state index < -0.39 is 4.92 Å². The van der Waals surface area contributed by atoms with Crippen LogP contribution >= 0.6 is 15.9 Å². The minimum atomic E-state index is -0.483. The highest BCUT2D eigenvalue weighted by Crippen LogP contribution is 2.35. The van der Waals surface area contributed by atoms with Crippen LogP contribution in [-0.2, 0) is 0 Å². The van der Waals surface area contributed by atoms with Crippen molar-refractivity contribution >= 4 is 21.6 Å². The second-order valence-corrected chi connectivity index (χ2v) is 4.96. The first-order chi connectivity index (χ1) is 9.49. The zero-order valence-electron chi connectivity index (χ0n) is 10.6. The van der Waals surface area contributed by atoms with Crippen LogP contribution in [0.2, 0.25) is 0 Å². The lowest BCUT2D eigenvalue weighted by Gasteiger charge is -2.08. The summed E-state index contributed by atoms with van der Waals surface area (Å²) in [5, 5.41) is 10.8. The quantitative estimate of drug-likeness (QED) is 0.680. The molecule has 0 saturated heterocycles. The molecule has 1 aromatic heterocycles. The van der Waals surface area contributed by atoms with E-state index in [9.17, 15) is 10.1 Å². The molecule has 2 rings (SSSR count). The van der Waals surface area contributed by atoms with E-state index in [0.29, 0.717) is 11.6 Å². The van der Waals surface area contributed by atoms with Gasteiger partial charge in [-0.3, -0.25) is 10.1 Å². The van der Waals surface area contributed by atoms with Crippen molar-refractivity contribution in [2.75, 3.05) is 0 Å². The third kappa shape index (κ3) is 3.12. The van der Waals surface area contributed by atoms with Gasteiger partial charge in [0.25, 0.3) is 5.69 Å². The van der Waals surface area contributed by atoms with Crippen LogP contribution in [0.5, 0.6) is 11.6 Å². The molecule has 2 N–H and O–H groups in total. The average Bonchev–Trinajstić information content (AvgIpc) is 2.41. The molecule has 2 aromatic rings. The lowest BCUT2D eigenvalue weighted by atomic mass is 10.2. The monoisotopic (exact) mass is 337 g/mol. The molecule has 0 aliphatic carbocycles. The SMILES string of the molecule is C[C@H](N)c1ccc(Oc2cccc([N+](=O)[O-])c2Br)nc1. The molecule has 7 heteroatoms. The van der Waals surface area contributed by atoms with Crippen LogP contribution in [0.15, 0.2) is 41.0 Å². The number of hydrogen-bond acceptors (Lipinski definition) is 5. The van der Waals surface area contributed by atoms with Gasteiger partial charge in [-0.2, -0.15) is 0 Å². The van der Waals surface area contributed by atoms with Gasteiger partial charge in [0, 0.05) is 24.4 Å². The zero-order chi connectivity index (χ0) is 14.7. The van der Waals surface area contributed by atoms with Crippen LogP contribution < -0.4 is 10.5 Å². The molecule has 0 amide bonds. The number of nitrogens with zero attached hydrogens (tertiary/aromatic N) is 2. The van der Waals surface area contributed by atoms with Crippen molar-refractivity contribution in [3.05, 3.63) is 56.7 Å². The Morgan fingerprint density at radius 2 is 2.15 bits per heavy atom. The molecule has 20 heavy (non-hydrogen) atoms. The van der Waals surface area contributed by atoms with Gasteiger partial charge in [-0.15, -0.1) is 0 Å². The van der Waals surface area contributed by atoms with Gasteiger partial charge in [0.15, 0.2) is 5.75 Å². The number of pyridine rings is 1. The number of aromatic nitrogens is 1. The number of halogens is 1. The summed E-state index contributed by atoms with van der Waals surface area (Å²) in [5.74, 6) is 0.677. The second-order valence-electron chi connectivity index (χ2n) is 4.17. The summed E-state index contributed by atoms with van der Waals surface area (Å²) < 4.78 is 5.81. The molecule has 1 heterocycles. The zero-order valence-corrected chi connectivity index (χ0v) is 12.2. The first-order valence-corrected chi connectivity index (χ1v) is 6.60. The average molecular weight is 338 g/mol. The minimum absolute atomic E-state index is 0.0605. The molecular formula is C13H12BrN3O3. The molecule has 104 valence electrons. The van der Waals surface area contributed by atoms with Gasteiger partial charge < -0.3 is 10.5 Å². The Kier molecular flexibility index (Phi) is 4.31. The van der Waals surface area contributed by atoms with Crippen LogP contribution in [0.3, 0.4) is 0 Å². The number of benzene rings is 1. The predicted molar refractivity (Wildman–Crippen MR) is 77.7 cm³/mol. The molecule has 0 unspecified atom stereocenters. The number of nitrogens with two attached hydrogens (primary N) is 1. The Balaban J connectivity index is 2.26. The first kappa shape index (κ1) is 14.4.